The van der Waals surface area contributed by atoms with Gasteiger partial charge in [-0.15, -0.1) is 0 Å². The molecule has 1 atom stereocenters. The van der Waals surface area contributed by atoms with Gasteiger partial charge < -0.3 is 4.90 Å². The molecule has 1 aliphatic rings. The van der Waals surface area contributed by atoms with E-state index in [0.717, 1.165) is 5.92 Å². The van der Waals surface area contributed by atoms with Gasteiger partial charge in [-0.25, -0.2) is 0 Å². The van der Waals surface area contributed by atoms with Crippen molar-refractivity contribution in [3.63, 3.8) is 0 Å². The van der Waals surface area contributed by atoms with Crippen molar-refractivity contribution >= 4 is 5.69 Å². The van der Waals surface area contributed by atoms with Crippen LogP contribution in [0.3, 0.4) is 0 Å². The summed E-state index contributed by atoms with van der Waals surface area (Å²) in [5.74, 6) is 0.831. The van der Waals surface area contributed by atoms with Crippen LogP contribution in [0, 0.1) is 11.3 Å². The van der Waals surface area contributed by atoms with E-state index in [1.54, 1.807) is 0 Å². The number of rotatable bonds is 1. The molecule has 82 valence electrons. The second kappa shape index (κ2) is 3.88. The Kier molecular flexibility index (Phi) is 2.72. The average molecular weight is 203 g/mol. The molecule has 0 aromatic heterocycles. The van der Waals surface area contributed by atoms with Gasteiger partial charge in [0, 0.05) is 18.8 Å². The molecular weight excluding hydrogens is 182 g/mol. The minimum absolute atomic E-state index is 0.448. The first kappa shape index (κ1) is 10.5. The molecule has 0 spiro atoms. The van der Waals surface area contributed by atoms with Gasteiger partial charge >= 0.3 is 0 Å². The number of hydrogen-bond acceptors (Lipinski definition) is 1. The SMILES string of the molecule is CC(C)(C)[C@H]1CCN(c2ccccc2)C1. The normalized spacial score (nSPS) is 22.1. The molecule has 1 saturated heterocycles. The molecule has 0 N–H and O–H groups in total. The van der Waals surface area contributed by atoms with Crippen LogP contribution in [0.2, 0.25) is 0 Å². The van der Waals surface area contributed by atoms with E-state index in [9.17, 15) is 0 Å². The Hall–Kier alpha value is -0.980. The lowest BCUT2D eigenvalue weighted by Gasteiger charge is -2.27. The van der Waals surface area contributed by atoms with E-state index in [1.165, 1.54) is 25.2 Å². The highest BCUT2D eigenvalue weighted by molar-refractivity contribution is 5.46. The summed E-state index contributed by atoms with van der Waals surface area (Å²) >= 11 is 0. The fourth-order valence-electron chi connectivity index (χ4n) is 2.34. The molecular formula is C14H21N. The lowest BCUT2D eigenvalue weighted by Crippen LogP contribution is -2.25. The van der Waals surface area contributed by atoms with Crippen molar-refractivity contribution in [1.29, 1.82) is 0 Å². The Bertz CT molecular complexity index is 310. The molecule has 0 radical (unpaired) electrons. The first-order chi connectivity index (χ1) is 7.07. The van der Waals surface area contributed by atoms with Crippen molar-refractivity contribution < 1.29 is 0 Å². The molecule has 1 heterocycles. The summed E-state index contributed by atoms with van der Waals surface area (Å²) in [5, 5.41) is 0. The molecule has 2 rings (SSSR count). The van der Waals surface area contributed by atoms with Crippen molar-refractivity contribution in [2.75, 3.05) is 18.0 Å². The van der Waals surface area contributed by atoms with Crippen molar-refractivity contribution in [2.45, 2.75) is 27.2 Å². The van der Waals surface area contributed by atoms with Crippen LogP contribution in [-0.2, 0) is 0 Å². The van der Waals surface area contributed by atoms with Crippen molar-refractivity contribution in [3.05, 3.63) is 30.3 Å². The molecule has 0 aliphatic carbocycles. The zero-order valence-corrected chi connectivity index (χ0v) is 10.0. The van der Waals surface area contributed by atoms with Gasteiger partial charge in [-0.05, 0) is 29.9 Å². The summed E-state index contributed by atoms with van der Waals surface area (Å²) < 4.78 is 0. The van der Waals surface area contributed by atoms with Crippen molar-refractivity contribution in [2.24, 2.45) is 11.3 Å². The third-order valence-corrected chi connectivity index (χ3v) is 3.53. The highest BCUT2D eigenvalue weighted by Crippen LogP contribution is 2.35. The predicted molar refractivity (Wildman–Crippen MR) is 66.2 cm³/mol. The number of anilines is 1. The average Bonchev–Trinajstić information content (AvgIpc) is 2.67. The largest absolute Gasteiger partial charge is 0.371 e. The fourth-order valence-corrected chi connectivity index (χ4v) is 2.34. The summed E-state index contributed by atoms with van der Waals surface area (Å²) in [6.45, 7) is 9.49. The molecule has 15 heavy (non-hydrogen) atoms. The summed E-state index contributed by atoms with van der Waals surface area (Å²) in [6.07, 6.45) is 1.33. The van der Waals surface area contributed by atoms with Crippen LogP contribution >= 0.6 is 0 Å². The van der Waals surface area contributed by atoms with Crippen molar-refractivity contribution in [3.8, 4) is 0 Å². The van der Waals surface area contributed by atoms with Crippen LogP contribution in [0.4, 0.5) is 5.69 Å². The van der Waals surface area contributed by atoms with Crippen LogP contribution in [0.25, 0.3) is 0 Å². The van der Waals surface area contributed by atoms with Crippen LogP contribution in [0.1, 0.15) is 27.2 Å². The van der Waals surface area contributed by atoms with Crippen molar-refractivity contribution in [1.82, 2.24) is 0 Å². The van der Waals surface area contributed by atoms with Crippen LogP contribution in [0.15, 0.2) is 30.3 Å². The van der Waals surface area contributed by atoms with Crippen LogP contribution < -0.4 is 4.90 Å². The van der Waals surface area contributed by atoms with Gasteiger partial charge in [0.25, 0.3) is 0 Å². The standard InChI is InChI=1S/C14H21N/c1-14(2,3)12-9-10-15(11-12)13-7-5-4-6-8-13/h4-8,12H,9-11H2,1-3H3/t12-/m0/s1. The Balaban J connectivity index is 2.05. The minimum atomic E-state index is 0.448. The quantitative estimate of drug-likeness (QED) is 0.674. The van der Waals surface area contributed by atoms with Crippen LogP contribution in [0.5, 0.6) is 0 Å². The van der Waals surface area contributed by atoms with Gasteiger partial charge in [-0.3, -0.25) is 0 Å². The number of hydrogen-bond donors (Lipinski definition) is 0. The maximum atomic E-state index is 2.51. The smallest absolute Gasteiger partial charge is 0.0366 e. The van der Waals surface area contributed by atoms with E-state index in [1.807, 2.05) is 0 Å². The van der Waals surface area contributed by atoms with Gasteiger partial charge in [0.1, 0.15) is 0 Å². The molecule has 1 aliphatic heterocycles. The third-order valence-electron chi connectivity index (χ3n) is 3.53. The molecule has 0 bridgehead atoms. The Labute approximate surface area is 93.1 Å². The fraction of sp³-hybridized carbons (Fsp3) is 0.571. The second-order valence-electron chi connectivity index (χ2n) is 5.63. The van der Waals surface area contributed by atoms with Gasteiger partial charge in [-0.2, -0.15) is 0 Å². The molecule has 0 saturated carbocycles. The summed E-state index contributed by atoms with van der Waals surface area (Å²) in [6, 6.07) is 10.8. The molecule has 1 aromatic carbocycles. The first-order valence-electron chi connectivity index (χ1n) is 5.87. The maximum Gasteiger partial charge on any atom is 0.0366 e. The van der Waals surface area contributed by atoms with Gasteiger partial charge in [-0.1, -0.05) is 39.0 Å². The summed E-state index contributed by atoms with van der Waals surface area (Å²) in [4.78, 5) is 2.51. The van der Waals surface area contributed by atoms with E-state index in [2.05, 4.69) is 56.0 Å². The number of para-hydroxylation sites is 1. The lowest BCUT2D eigenvalue weighted by atomic mass is 9.80. The number of nitrogens with zero attached hydrogens (tertiary/aromatic N) is 1. The van der Waals surface area contributed by atoms with E-state index >= 15 is 0 Å². The third kappa shape index (κ3) is 2.34. The Morgan fingerprint density at radius 2 is 1.80 bits per heavy atom. The zero-order chi connectivity index (χ0) is 10.9. The zero-order valence-electron chi connectivity index (χ0n) is 10.0. The van der Waals surface area contributed by atoms with Crippen LogP contribution in [-0.4, -0.2) is 13.1 Å². The first-order valence-corrected chi connectivity index (χ1v) is 5.87. The summed E-state index contributed by atoms with van der Waals surface area (Å²) in [5.41, 5.74) is 1.83. The summed E-state index contributed by atoms with van der Waals surface area (Å²) in [7, 11) is 0. The molecule has 1 aromatic rings. The van der Waals surface area contributed by atoms with E-state index in [0.29, 0.717) is 5.41 Å². The van der Waals surface area contributed by atoms with Gasteiger partial charge in [0.05, 0.1) is 0 Å². The molecule has 0 unspecified atom stereocenters. The molecule has 0 amide bonds. The monoisotopic (exact) mass is 203 g/mol. The molecule has 1 fully saturated rings. The van der Waals surface area contributed by atoms with Gasteiger partial charge in [0.2, 0.25) is 0 Å². The Morgan fingerprint density at radius 1 is 1.13 bits per heavy atom. The molecule has 1 nitrogen and oxygen atoms in total. The lowest BCUT2D eigenvalue weighted by molar-refractivity contribution is 0.263. The second-order valence-corrected chi connectivity index (χ2v) is 5.63. The topological polar surface area (TPSA) is 3.24 Å². The van der Waals surface area contributed by atoms with Gasteiger partial charge in [0.15, 0.2) is 0 Å². The maximum absolute atomic E-state index is 2.51. The number of benzene rings is 1. The minimum Gasteiger partial charge on any atom is -0.371 e. The van der Waals surface area contributed by atoms with E-state index in [4.69, 9.17) is 0 Å². The van der Waals surface area contributed by atoms with E-state index in [-0.39, 0.29) is 0 Å². The molecule has 1 heteroatoms. The highest BCUT2D eigenvalue weighted by Gasteiger charge is 2.31. The van der Waals surface area contributed by atoms with E-state index < -0.39 is 0 Å². The predicted octanol–water partition coefficient (Wildman–Crippen LogP) is 3.56. The highest BCUT2D eigenvalue weighted by atomic mass is 15.2. The Morgan fingerprint density at radius 3 is 2.33 bits per heavy atom.